The van der Waals surface area contributed by atoms with E-state index in [2.05, 4.69) is 82.9 Å². The van der Waals surface area contributed by atoms with Gasteiger partial charge >= 0.3 is 0 Å². The lowest BCUT2D eigenvalue weighted by Gasteiger charge is -2.17. The van der Waals surface area contributed by atoms with Gasteiger partial charge in [-0.05, 0) is 68.4 Å². The van der Waals surface area contributed by atoms with Crippen molar-refractivity contribution < 1.29 is 0 Å². The zero-order chi connectivity index (χ0) is 32.8. The van der Waals surface area contributed by atoms with Crippen molar-refractivity contribution in [2.45, 2.75) is 20.0 Å². The highest BCUT2D eigenvalue weighted by molar-refractivity contribution is 6.31. The molecule has 6 heteroatoms. The number of hydrogen-bond acceptors (Lipinski definition) is 4. The number of fused-ring (bicyclic) bond motifs is 3. The van der Waals surface area contributed by atoms with Crippen LogP contribution in [0.2, 0.25) is 5.02 Å². The number of benzene rings is 5. The molecular formula is C41H34ClN5. The predicted molar refractivity (Wildman–Crippen MR) is 197 cm³/mol. The number of rotatable bonds is 7. The fraction of sp³-hybridized carbons (Fsp3) is 0.0976. The molecule has 230 valence electrons. The molecule has 0 fully saturated rings. The van der Waals surface area contributed by atoms with Crippen molar-refractivity contribution in [1.29, 1.82) is 0 Å². The number of allylic oxidation sites excluding steroid dienone is 1. The minimum atomic E-state index is 0.0347. The van der Waals surface area contributed by atoms with Gasteiger partial charge < -0.3 is 4.57 Å². The smallest absolute Gasteiger partial charge is 0.164 e. The van der Waals surface area contributed by atoms with Crippen LogP contribution in [0.25, 0.3) is 67.1 Å². The van der Waals surface area contributed by atoms with E-state index in [9.17, 15) is 0 Å². The molecule has 5 nitrogen and oxygen atoms in total. The molecule has 2 heterocycles. The summed E-state index contributed by atoms with van der Waals surface area (Å²) in [6.07, 6.45) is 8.88. The lowest BCUT2D eigenvalue weighted by Crippen LogP contribution is -2.20. The van der Waals surface area contributed by atoms with Crippen LogP contribution in [0.3, 0.4) is 0 Å². The monoisotopic (exact) mass is 631 g/mol. The third-order valence-corrected chi connectivity index (χ3v) is 8.07. The van der Waals surface area contributed by atoms with E-state index in [0.29, 0.717) is 22.5 Å². The number of nitrogens with one attached hydrogen (secondary N) is 1. The molecule has 47 heavy (non-hydrogen) atoms. The second kappa shape index (κ2) is 14.3. The van der Waals surface area contributed by atoms with Gasteiger partial charge in [0.05, 0.1) is 11.0 Å². The SMILES string of the molecule is C#CC.C/C=C\C(NC)n1c2ccccc2c2cc(-c3cc(Cl)cc(-c4nc(-c5ccccc5)nc(-c5ccccc5)n4)c3)ccc21. The Labute approximate surface area is 280 Å². The molecule has 0 aliphatic carbocycles. The number of aromatic nitrogens is 4. The Bertz CT molecular complexity index is 2170. The van der Waals surface area contributed by atoms with Gasteiger partial charge in [-0.15, -0.1) is 12.3 Å². The zero-order valence-electron chi connectivity index (χ0n) is 26.5. The van der Waals surface area contributed by atoms with Crippen molar-refractivity contribution in [1.82, 2.24) is 24.8 Å². The van der Waals surface area contributed by atoms with Gasteiger partial charge in [0.1, 0.15) is 6.17 Å². The maximum atomic E-state index is 6.78. The standard InChI is InChI=1S/C38H30ClN5.C3H4/c1-3-12-35(40-2)44-33-18-11-10-17-31(33)32-24-27(19-20-34(32)44)28-21-29(23-30(39)22-28)38-42-36(25-13-6-4-7-14-25)41-37(43-38)26-15-8-5-9-16-26;1-3-2/h3-24,35,40H,1-2H3;1H,2H3/b12-3-;. The minimum Gasteiger partial charge on any atom is -0.321 e. The highest BCUT2D eigenvalue weighted by Crippen LogP contribution is 2.36. The van der Waals surface area contributed by atoms with Crippen molar-refractivity contribution in [3.63, 3.8) is 0 Å². The molecule has 1 unspecified atom stereocenters. The summed E-state index contributed by atoms with van der Waals surface area (Å²) < 4.78 is 2.35. The molecule has 7 rings (SSSR count). The number of halogens is 1. The van der Waals surface area contributed by atoms with E-state index in [4.69, 9.17) is 26.6 Å². The molecular weight excluding hydrogens is 598 g/mol. The van der Waals surface area contributed by atoms with E-state index < -0.39 is 0 Å². The van der Waals surface area contributed by atoms with Gasteiger partial charge in [0.15, 0.2) is 17.5 Å². The van der Waals surface area contributed by atoms with E-state index in [0.717, 1.165) is 33.3 Å². The first-order valence-electron chi connectivity index (χ1n) is 15.4. The summed E-state index contributed by atoms with van der Waals surface area (Å²) in [7, 11) is 1.99. The van der Waals surface area contributed by atoms with Crippen molar-refractivity contribution >= 4 is 33.4 Å². The summed E-state index contributed by atoms with van der Waals surface area (Å²) in [6, 6.07) is 41.2. The summed E-state index contributed by atoms with van der Waals surface area (Å²) in [5.74, 6) is 4.05. The Balaban J connectivity index is 0.00000124. The molecule has 1 N–H and O–H groups in total. The fourth-order valence-corrected chi connectivity index (χ4v) is 6.03. The van der Waals surface area contributed by atoms with Gasteiger partial charge in [0.2, 0.25) is 0 Å². The van der Waals surface area contributed by atoms with Gasteiger partial charge in [0.25, 0.3) is 0 Å². The lowest BCUT2D eigenvalue weighted by atomic mass is 10.0. The average Bonchev–Trinajstić information content (AvgIpc) is 3.45. The predicted octanol–water partition coefficient (Wildman–Crippen LogP) is 10.2. The fourth-order valence-electron chi connectivity index (χ4n) is 5.80. The van der Waals surface area contributed by atoms with Crippen LogP contribution in [0.5, 0.6) is 0 Å². The van der Waals surface area contributed by atoms with E-state index >= 15 is 0 Å². The van der Waals surface area contributed by atoms with Crippen LogP contribution in [0.15, 0.2) is 133 Å². The number of nitrogens with zero attached hydrogens (tertiary/aromatic N) is 4. The molecule has 1 atom stereocenters. The first kappa shape index (κ1) is 31.4. The quantitative estimate of drug-likeness (QED) is 0.140. The molecule has 7 aromatic rings. The van der Waals surface area contributed by atoms with Crippen LogP contribution in [0, 0.1) is 12.3 Å². The summed E-state index contributed by atoms with van der Waals surface area (Å²) in [5.41, 5.74) is 7.08. The first-order valence-corrected chi connectivity index (χ1v) is 15.8. The van der Waals surface area contributed by atoms with Gasteiger partial charge in [-0.1, -0.05) is 109 Å². The number of hydrogen-bond donors (Lipinski definition) is 1. The molecule has 2 aromatic heterocycles. The van der Waals surface area contributed by atoms with Crippen molar-refractivity contribution in [2.24, 2.45) is 0 Å². The molecule has 0 saturated heterocycles. The van der Waals surface area contributed by atoms with Crippen molar-refractivity contribution in [3.05, 3.63) is 139 Å². The summed E-state index contributed by atoms with van der Waals surface area (Å²) in [5, 5.41) is 6.44. The Morgan fingerprint density at radius 1 is 0.660 bits per heavy atom. The van der Waals surface area contributed by atoms with Gasteiger partial charge in [-0.25, -0.2) is 15.0 Å². The molecule has 0 aliphatic heterocycles. The first-order chi connectivity index (χ1) is 23.0. The molecule has 0 saturated carbocycles. The van der Waals surface area contributed by atoms with E-state index in [-0.39, 0.29) is 6.17 Å². The summed E-state index contributed by atoms with van der Waals surface area (Å²) in [4.78, 5) is 14.7. The maximum absolute atomic E-state index is 6.78. The maximum Gasteiger partial charge on any atom is 0.164 e. The third kappa shape index (κ3) is 6.57. The minimum absolute atomic E-state index is 0.0347. The second-order valence-corrected chi connectivity index (χ2v) is 11.4. The van der Waals surface area contributed by atoms with Crippen molar-refractivity contribution in [2.75, 3.05) is 7.05 Å². The van der Waals surface area contributed by atoms with Crippen LogP contribution in [-0.2, 0) is 0 Å². The van der Waals surface area contributed by atoms with Crippen LogP contribution in [0.1, 0.15) is 20.0 Å². The normalized spacial score (nSPS) is 11.7. The van der Waals surface area contributed by atoms with Crippen LogP contribution in [-0.4, -0.2) is 26.6 Å². The molecule has 0 radical (unpaired) electrons. The van der Waals surface area contributed by atoms with E-state index in [1.165, 1.54) is 16.3 Å². The Morgan fingerprint density at radius 3 is 1.79 bits per heavy atom. The number of terminal acetylenes is 1. The topological polar surface area (TPSA) is 55.6 Å². The van der Waals surface area contributed by atoms with Gasteiger partial charge in [-0.2, -0.15) is 0 Å². The highest BCUT2D eigenvalue weighted by Gasteiger charge is 2.17. The lowest BCUT2D eigenvalue weighted by molar-refractivity contribution is 0.558. The van der Waals surface area contributed by atoms with E-state index in [1.807, 2.05) is 86.8 Å². The third-order valence-electron chi connectivity index (χ3n) is 7.85. The molecule has 0 bridgehead atoms. The molecule has 0 spiro atoms. The second-order valence-electron chi connectivity index (χ2n) is 10.9. The largest absolute Gasteiger partial charge is 0.321 e. The van der Waals surface area contributed by atoms with Crippen LogP contribution < -0.4 is 5.32 Å². The molecule has 5 aromatic carbocycles. The average molecular weight is 632 g/mol. The highest BCUT2D eigenvalue weighted by atomic mass is 35.5. The van der Waals surface area contributed by atoms with Gasteiger partial charge in [-0.3, -0.25) is 5.32 Å². The van der Waals surface area contributed by atoms with Gasteiger partial charge in [0, 0.05) is 32.5 Å². The number of para-hydroxylation sites is 1. The summed E-state index contributed by atoms with van der Waals surface area (Å²) >= 11 is 6.78. The Morgan fingerprint density at radius 2 is 1.19 bits per heavy atom. The van der Waals surface area contributed by atoms with Crippen LogP contribution >= 0.6 is 11.6 Å². The summed E-state index contributed by atoms with van der Waals surface area (Å²) in [6.45, 7) is 3.70. The Kier molecular flexibility index (Phi) is 9.54. The zero-order valence-corrected chi connectivity index (χ0v) is 27.3. The number of likely N-dealkylation sites (N-methyl/N-ethyl adjacent to an activating group) is 1. The molecule has 0 aliphatic rings. The Hall–Kier alpha value is -5.54. The van der Waals surface area contributed by atoms with Crippen LogP contribution in [0.4, 0.5) is 0 Å². The van der Waals surface area contributed by atoms with E-state index in [1.54, 1.807) is 6.92 Å². The molecule has 0 amide bonds. The van der Waals surface area contributed by atoms with Crippen molar-refractivity contribution in [3.8, 4) is 57.6 Å².